The molecule has 0 fully saturated rings. The summed E-state index contributed by atoms with van der Waals surface area (Å²) < 4.78 is 17.0. The maximum absolute atomic E-state index is 8.50. The molecular weight excluding hydrogens is 210 g/mol. The second-order valence-corrected chi connectivity index (χ2v) is 0.344. The van der Waals surface area contributed by atoms with E-state index in [-0.39, 0.29) is 62.1 Å². The number of hydrogen-bond donors (Lipinski definition) is 0. The van der Waals surface area contributed by atoms with Crippen LogP contribution in [-0.4, -0.2) is 45.7 Å². The number of rotatable bonds is 0. The van der Waals surface area contributed by atoms with E-state index in [1.807, 2.05) is 0 Å². The van der Waals surface area contributed by atoms with Crippen molar-refractivity contribution < 1.29 is 42.2 Å². The molecule has 0 rings (SSSR count). The van der Waals surface area contributed by atoms with Gasteiger partial charge in [-0.15, -0.1) is 0 Å². The molecule has 0 heterocycles. The first-order chi connectivity index (χ1) is 1.41. The van der Waals surface area contributed by atoms with Crippen molar-refractivity contribution >= 4 is 45.7 Å². The van der Waals surface area contributed by atoms with Crippen molar-refractivity contribution in [1.29, 1.82) is 0 Å². The van der Waals surface area contributed by atoms with Gasteiger partial charge in [0.05, 0.1) is 0 Å². The zero-order chi connectivity index (χ0) is 2.71. The van der Waals surface area contributed by atoms with Gasteiger partial charge in [0.25, 0.3) is 0 Å². The zero-order valence-corrected chi connectivity index (χ0v) is 7.57. The van der Waals surface area contributed by atoms with E-state index < -0.39 is 19.1 Å². The Morgan fingerprint density at radius 1 is 0.778 bits per heavy atom. The average molecular weight is 214 g/mol. The Kier molecular flexibility index (Phi) is 961. The standard InChI is InChI=1S/2Al.5O.H4Si.Ti/h;;;;;;;1H4;/q2*+3;;;3*-2;;. The van der Waals surface area contributed by atoms with Gasteiger partial charge in [-0.25, -0.2) is 0 Å². The zero-order valence-electron chi connectivity index (χ0n) is 3.70. The Balaban J connectivity index is -0.00000000133. The summed E-state index contributed by atoms with van der Waals surface area (Å²) >= 11 is -2.00. The van der Waals surface area contributed by atoms with Gasteiger partial charge in [-0.3, -0.25) is 0 Å². The Hall–Kier alpha value is 1.48. The van der Waals surface area contributed by atoms with Crippen molar-refractivity contribution in [3.05, 3.63) is 0 Å². The van der Waals surface area contributed by atoms with Gasteiger partial charge in [-0.05, 0) is 11.0 Å². The van der Waals surface area contributed by atoms with Crippen molar-refractivity contribution in [1.82, 2.24) is 0 Å². The van der Waals surface area contributed by atoms with Crippen molar-refractivity contribution in [3.63, 3.8) is 0 Å². The SMILES string of the molecule is [Al+3].[Al+3].[O-2].[O-2].[O-2].[O]=[Ti]=[O].[SiH4]. The van der Waals surface area contributed by atoms with Crippen molar-refractivity contribution in [2.45, 2.75) is 0 Å². The van der Waals surface area contributed by atoms with Crippen LogP contribution in [0, 0.1) is 0 Å². The molecule has 0 saturated heterocycles. The minimum absolute atomic E-state index is 0. The monoisotopic (exact) mass is 214 g/mol. The van der Waals surface area contributed by atoms with Crippen molar-refractivity contribution in [2.75, 3.05) is 0 Å². The molecule has 5 nitrogen and oxygen atoms in total. The second kappa shape index (κ2) is 111. The molecule has 0 amide bonds. The molecule has 0 aliphatic rings. The number of hydrogen-bond acceptors (Lipinski definition) is 2. The van der Waals surface area contributed by atoms with Crippen LogP contribution in [0.3, 0.4) is 0 Å². The summed E-state index contributed by atoms with van der Waals surface area (Å²) in [5.41, 5.74) is 0. The fourth-order valence-electron chi connectivity index (χ4n) is 0. The van der Waals surface area contributed by atoms with E-state index in [2.05, 4.69) is 0 Å². The molecule has 0 aliphatic heterocycles. The van der Waals surface area contributed by atoms with Crippen LogP contribution in [0.4, 0.5) is 0 Å². The summed E-state index contributed by atoms with van der Waals surface area (Å²) in [4.78, 5) is 0. The summed E-state index contributed by atoms with van der Waals surface area (Å²) in [6.45, 7) is 0. The first-order valence-corrected chi connectivity index (χ1v) is 1.68. The van der Waals surface area contributed by atoms with Gasteiger partial charge < -0.3 is 16.4 Å². The molecule has 0 aliphatic carbocycles. The van der Waals surface area contributed by atoms with Gasteiger partial charge >= 0.3 is 60.5 Å². The molecule has 48 valence electrons. The molecule has 0 aromatic heterocycles. The first kappa shape index (κ1) is 77.9. The van der Waals surface area contributed by atoms with Crippen LogP contribution in [0.2, 0.25) is 0 Å². The summed E-state index contributed by atoms with van der Waals surface area (Å²) in [5, 5.41) is 0. The van der Waals surface area contributed by atoms with E-state index in [1.165, 1.54) is 0 Å². The van der Waals surface area contributed by atoms with E-state index in [4.69, 9.17) is 6.65 Å². The Morgan fingerprint density at radius 3 is 0.778 bits per heavy atom. The normalized spacial score (nSPS) is 0.889. The quantitative estimate of drug-likeness (QED) is 0.404. The van der Waals surface area contributed by atoms with Crippen LogP contribution >= 0.6 is 0 Å². The molecule has 0 spiro atoms. The molecule has 0 atom stereocenters. The summed E-state index contributed by atoms with van der Waals surface area (Å²) in [5.74, 6) is 0. The molecule has 0 saturated carbocycles. The topological polar surface area (TPSA) is 120 Å². The van der Waals surface area contributed by atoms with Crippen LogP contribution < -0.4 is 0 Å². The van der Waals surface area contributed by atoms with E-state index in [0.29, 0.717) is 0 Å². The second-order valence-electron chi connectivity index (χ2n) is 0.0833. The maximum atomic E-state index is 8.50. The third-order valence-corrected chi connectivity index (χ3v) is 0. The molecule has 0 N–H and O–H groups in total. The minimum Gasteiger partial charge on any atom is -0.0149 e. The fraction of sp³-hybridized carbons (Fsp3) is 0. The van der Waals surface area contributed by atoms with Gasteiger partial charge in [-0.1, -0.05) is 0 Å². The third kappa shape index (κ3) is 243. The van der Waals surface area contributed by atoms with Gasteiger partial charge in [-0.2, -0.15) is 0 Å². The molecule has 0 radical (unpaired) electrons. The summed E-state index contributed by atoms with van der Waals surface area (Å²) in [7, 11) is 0. The van der Waals surface area contributed by atoms with E-state index in [9.17, 15) is 0 Å². The summed E-state index contributed by atoms with van der Waals surface area (Å²) in [6, 6.07) is 0. The molecule has 0 bridgehead atoms. The van der Waals surface area contributed by atoms with Crippen LogP contribution in [0.5, 0.6) is 0 Å². The van der Waals surface area contributed by atoms with Gasteiger partial charge in [0, 0.05) is 0 Å². The minimum atomic E-state index is -2.00. The molecule has 0 aromatic carbocycles. The van der Waals surface area contributed by atoms with Crippen LogP contribution in [0.15, 0.2) is 0 Å². The predicted molar refractivity (Wildman–Crippen MR) is 26.3 cm³/mol. The molecule has 9 heteroatoms. The van der Waals surface area contributed by atoms with Gasteiger partial charge in [0.15, 0.2) is 0 Å². The van der Waals surface area contributed by atoms with Gasteiger partial charge in [0.1, 0.15) is 0 Å². The summed E-state index contributed by atoms with van der Waals surface area (Å²) in [6.07, 6.45) is 0. The van der Waals surface area contributed by atoms with E-state index in [0.717, 1.165) is 0 Å². The Morgan fingerprint density at radius 2 is 0.778 bits per heavy atom. The molecule has 0 aromatic rings. The first-order valence-electron chi connectivity index (χ1n) is 0.408. The Labute approximate surface area is 87.4 Å². The van der Waals surface area contributed by atoms with E-state index >= 15 is 0 Å². The largest absolute Gasteiger partial charge is 0.0149 e. The van der Waals surface area contributed by atoms with Crippen LogP contribution in [0.1, 0.15) is 0 Å². The third-order valence-electron chi connectivity index (χ3n) is 0. The van der Waals surface area contributed by atoms with E-state index in [1.54, 1.807) is 0 Å². The molecule has 0 unspecified atom stereocenters. The maximum Gasteiger partial charge on any atom is -0.0149 e. The fourth-order valence-corrected chi connectivity index (χ4v) is 0. The molecule has 9 heavy (non-hydrogen) atoms. The van der Waals surface area contributed by atoms with Crippen LogP contribution in [0.25, 0.3) is 0 Å². The van der Waals surface area contributed by atoms with Gasteiger partial charge in [0.2, 0.25) is 0 Å². The Bertz CT molecular complexity index is 35.9. The smallest absolute Gasteiger partial charge is 0.0149 e. The molecular formula is H4Al2O5SiTi. The average Bonchev–Trinajstić information content (AvgIpc) is 0.918. The van der Waals surface area contributed by atoms with Crippen molar-refractivity contribution in [3.8, 4) is 0 Å². The van der Waals surface area contributed by atoms with Crippen molar-refractivity contribution in [2.24, 2.45) is 0 Å². The predicted octanol–water partition coefficient (Wildman–Crippen LogP) is -2.81. The van der Waals surface area contributed by atoms with Crippen LogP contribution in [-0.2, 0) is 42.2 Å².